The maximum absolute atomic E-state index is 12.3. The molecule has 0 radical (unpaired) electrons. The van der Waals surface area contributed by atoms with E-state index < -0.39 is 0 Å². The monoisotopic (exact) mass is 331 g/mol. The van der Waals surface area contributed by atoms with Gasteiger partial charge in [-0.2, -0.15) is 0 Å². The average Bonchev–Trinajstić information content (AvgIpc) is 2.94. The molecule has 24 heavy (non-hydrogen) atoms. The summed E-state index contributed by atoms with van der Waals surface area (Å²) in [5.74, 6) is -0.152. The lowest BCUT2D eigenvalue weighted by atomic mass is 10.1. The van der Waals surface area contributed by atoms with Crippen molar-refractivity contribution in [2.75, 3.05) is 32.7 Å². The highest BCUT2D eigenvalue weighted by atomic mass is 16.2. The van der Waals surface area contributed by atoms with Crippen LogP contribution in [0.1, 0.15) is 31.4 Å². The van der Waals surface area contributed by atoms with Crippen molar-refractivity contribution in [3.8, 4) is 0 Å². The number of carbonyl (C=O) groups is 2. The summed E-state index contributed by atoms with van der Waals surface area (Å²) in [5, 5.41) is 2.98. The summed E-state index contributed by atoms with van der Waals surface area (Å²) in [5.41, 5.74) is 2.31. The zero-order valence-electron chi connectivity index (χ0n) is 15.0. The molecule has 2 rings (SSSR count). The van der Waals surface area contributed by atoms with Gasteiger partial charge in [-0.15, -0.1) is 0 Å². The normalized spacial score (nSPS) is 17.6. The van der Waals surface area contributed by atoms with Crippen LogP contribution in [0.5, 0.6) is 0 Å². The summed E-state index contributed by atoms with van der Waals surface area (Å²) in [6, 6.07) is 8.18. The van der Waals surface area contributed by atoms with Gasteiger partial charge in [0, 0.05) is 32.6 Å². The summed E-state index contributed by atoms with van der Waals surface area (Å²) in [7, 11) is 0. The Morgan fingerprint density at radius 3 is 2.54 bits per heavy atom. The highest BCUT2D eigenvalue weighted by Crippen LogP contribution is 2.20. The molecule has 1 aliphatic rings. The Balaban J connectivity index is 1.80. The van der Waals surface area contributed by atoms with Gasteiger partial charge in [-0.1, -0.05) is 43.7 Å². The fraction of sp³-hybridized carbons (Fsp3) is 0.579. The van der Waals surface area contributed by atoms with Gasteiger partial charge in [0.05, 0.1) is 5.92 Å². The van der Waals surface area contributed by atoms with E-state index in [1.807, 2.05) is 31.2 Å². The second-order valence-electron chi connectivity index (χ2n) is 6.48. The van der Waals surface area contributed by atoms with Crippen LogP contribution in [0.4, 0.5) is 0 Å². The molecule has 5 heteroatoms. The van der Waals surface area contributed by atoms with Crippen molar-refractivity contribution >= 4 is 11.8 Å². The number of rotatable bonds is 8. The van der Waals surface area contributed by atoms with Crippen LogP contribution in [-0.2, 0) is 16.1 Å². The van der Waals surface area contributed by atoms with Gasteiger partial charge in [-0.25, -0.2) is 0 Å². The van der Waals surface area contributed by atoms with Gasteiger partial charge in [0.1, 0.15) is 0 Å². The van der Waals surface area contributed by atoms with Crippen molar-refractivity contribution in [1.29, 1.82) is 0 Å². The predicted octanol–water partition coefficient (Wildman–Crippen LogP) is 1.80. The van der Waals surface area contributed by atoms with Crippen LogP contribution in [0, 0.1) is 12.8 Å². The van der Waals surface area contributed by atoms with Crippen LogP contribution in [0.3, 0.4) is 0 Å². The lowest BCUT2D eigenvalue weighted by Crippen LogP contribution is -2.38. The first kappa shape index (κ1) is 18.5. The molecule has 1 heterocycles. The standard InChI is InChI=1S/C19H29N3O2/c1-4-21(5-2)11-10-20-19(24)17-12-18(23)22(14-17)13-16-8-6-15(3)7-9-16/h6-9,17H,4-5,10-14H2,1-3H3,(H,20,24)/t17-/m0/s1. The van der Waals surface area contributed by atoms with Crippen LogP contribution in [-0.4, -0.2) is 54.3 Å². The number of likely N-dealkylation sites (tertiary alicyclic amines) is 1. The first-order chi connectivity index (χ1) is 11.5. The topological polar surface area (TPSA) is 52.7 Å². The first-order valence-corrected chi connectivity index (χ1v) is 8.86. The van der Waals surface area contributed by atoms with E-state index in [0.29, 0.717) is 26.1 Å². The van der Waals surface area contributed by atoms with Crippen molar-refractivity contribution in [3.63, 3.8) is 0 Å². The number of nitrogens with zero attached hydrogens (tertiary/aromatic N) is 2. The van der Waals surface area contributed by atoms with E-state index in [1.165, 1.54) is 5.56 Å². The minimum absolute atomic E-state index is 0.00177. The van der Waals surface area contributed by atoms with Crippen molar-refractivity contribution in [2.45, 2.75) is 33.7 Å². The van der Waals surface area contributed by atoms with Crippen molar-refractivity contribution in [2.24, 2.45) is 5.92 Å². The number of nitrogens with one attached hydrogen (secondary N) is 1. The van der Waals surface area contributed by atoms with Crippen LogP contribution >= 0.6 is 0 Å². The maximum Gasteiger partial charge on any atom is 0.225 e. The minimum Gasteiger partial charge on any atom is -0.355 e. The summed E-state index contributed by atoms with van der Waals surface area (Å²) in [6.45, 7) is 10.8. The number of hydrogen-bond donors (Lipinski definition) is 1. The molecule has 0 unspecified atom stereocenters. The third-order valence-corrected chi connectivity index (χ3v) is 4.70. The van der Waals surface area contributed by atoms with E-state index in [4.69, 9.17) is 0 Å². The lowest BCUT2D eigenvalue weighted by Gasteiger charge is -2.19. The molecular formula is C19H29N3O2. The Labute approximate surface area is 145 Å². The average molecular weight is 331 g/mol. The molecule has 1 aromatic rings. The molecule has 0 aliphatic carbocycles. The first-order valence-electron chi connectivity index (χ1n) is 8.86. The van der Waals surface area contributed by atoms with Gasteiger partial charge in [0.15, 0.2) is 0 Å². The zero-order chi connectivity index (χ0) is 17.5. The zero-order valence-corrected chi connectivity index (χ0v) is 15.0. The molecule has 1 fully saturated rings. The van der Waals surface area contributed by atoms with Gasteiger partial charge in [0.25, 0.3) is 0 Å². The summed E-state index contributed by atoms with van der Waals surface area (Å²) in [4.78, 5) is 28.5. The Kier molecular flexibility index (Phi) is 6.79. The van der Waals surface area contributed by atoms with E-state index in [2.05, 4.69) is 24.1 Å². The molecule has 2 amide bonds. The van der Waals surface area contributed by atoms with Crippen LogP contribution in [0.2, 0.25) is 0 Å². The molecule has 5 nitrogen and oxygen atoms in total. The van der Waals surface area contributed by atoms with Crippen molar-refractivity contribution < 1.29 is 9.59 Å². The molecule has 1 aromatic carbocycles. The van der Waals surface area contributed by atoms with Gasteiger partial charge in [0.2, 0.25) is 11.8 Å². The molecule has 132 valence electrons. The van der Waals surface area contributed by atoms with Crippen LogP contribution < -0.4 is 5.32 Å². The Hall–Kier alpha value is -1.88. The van der Waals surface area contributed by atoms with Gasteiger partial charge in [-0.05, 0) is 25.6 Å². The van der Waals surface area contributed by atoms with Gasteiger partial charge in [-0.3, -0.25) is 9.59 Å². The molecule has 0 aromatic heterocycles. The van der Waals surface area contributed by atoms with Crippen molar-refractivity contribution in [1.82, 2.24) is 15.1 Å². The molecule has 0 spiro atoms. The molecule has 1 saturated heterocycles. The number of amides is 2. The highest BCUT2D eigenvalue weighted by Gasteiger charge is 2.33. The minimum atomic E-state index is -0.223. The molecular weight excluding hydrogens is 302 g/mol. The third-order valence-electron chi connectivity index (χ3n) is 4.70. The SMILES string of the molecule is CCN(CC)CCNC(=O)[C@H]1CC(=O)N(Cc2ccc(C)cc2)C1. The highest BCUT2D eigenvalue weighted by molar-refractivity contribution is 5.89. The Morgan fingerprint density at radius 1 is 1.25 bits per heavy atom. The van der Waals surface area contributed by atoms with Crippen molar-refractivity contribution in [3.05, 3.63) is 35.4 Å². The smallest absolute Gasteiger partial charge is 0.225 e. The molecule has 0 saturated carbocycles. The fourth-order valence-electron chi connectivity index (χ4n) is 3.04. The number of benzene rings is 1. The van der Waals surface area contributed by atoms with Gasteiger partial charge >= 0.3 is 0 Å². The van der Waals surface area contributed by atoms with Crippen LogP contribution in [0.25, 0.3) is 0 Å². The second-order valence-corrected chi connectivity index (χ2v) is 6.48. The van der Waals surface area contributed by atoms with E-state index in [-0.39, 0.29) is 17.7 Å². The summed E-state index contributed by atoms with van der Waals surface area (Å²) in [6.07, 6.45) is 0.322. The van der Waals surface area contributed by atoms with Crippen LogP contribution in [0.15, 0.2) is 24.3 Å². The third kappa shape index (κ3) is 5.06. The Bertz CT molecular complexity index is 552. The Morgan fingerprint density at radius 2 is 1.92 bits per heavy atom. The number of aryl methyl sites for hydroxylation is 1. The largest absolute Gasteiger partial charge is 0.355 e. The van der Waals surface area contributed by atoms with E-state index in [1.54, 1.807) is 4.90 Å². The molecule has 1 atom stereocenters. The predicted molar refractivity (Wildman–Crippen MR) is 95.5 cm³/mol. The summed E-state index contributed by atoms with van der Waals surface area (Å²) < 4.78 is 0. The molecule has 1 aliphatic heterocycles. The van der Waals surface area contributed by atoms with E-state index in [0.717, 1.165) is 25.2 Å². The van der Waals surface area contributed by atoms with Gasteiger partial charge < -0.3 is 15.1 Å². The quantitative estimate of drug-likeness (QED) is 0.790. The number of hydrogen-bond acceptors (Lipinski definition) is 3. The van der Waals surface area contributed by atoms with E-state index in [9.17, 15) is 9.59 Å². The second kappa shape index (κ2) is 8.83. The fourth-order valence-corrected chi connectivity index (χ4v) is 3.04. The maximum atomic E-state index is 12.3. The molecule has 0 bridgehead atoms. The summed E-state index contributed by atoms with van der Waals surface area (Å²) >= 11 is 0. The van der Waals surface area contributed by atoms with E-state index >= 15 is 0 Å². The lowest BCUT2D eigenvalue weighted by molar-refractivity contribution is -0.129. The number of likely N-dealkylation sites (N-methyl/N-ethyl adjacent to an activating group) is 1. The number of carbonyl (C=O) groups excluding carboxylic acids is 2. The molecule has 1 N–H and O–H groups in total.